The number of anilines is 1. The van der Waals surface area contributed by atoms with Gasteiger partial charge in [0.15, 0.2) is 0 Å². The molecule has 2 aromatic carbocycles. The lowest BCUT2D eigenvalue weighted by Gasteiger charge is -2.36. The molecule has 0 spiro atoms. The topological polar surface area (TPSA) is 72.0 Å². The van der Waals surface area contributed by atoms with Crippen molar-refractivity contribution in [1.29, 1.82) is 0 Å². The van der Waals surface area contributed by atoms with E-state index in [2.05, 4.69) is 33.2 Å². The summed E-state index contributed by atoms with van der Waals surface area (Å²) < 4.78 is 32.2. The second-order valence-electron chi connectivity index (χ2n) is 12.6. The number of fused-ring (bicyclic) bond motifs is 1. The second-order valence-corrected chi connectivity index (χ2v) is 12.6. The van der Waals surface area contributed by atoms with Crippen molar-refractivity contribution in [1.82, 2.24) is 24.5 Å². The van der Waals surface area contributed by atoms with Crippen LogP contribution in [0.5, 0.6) is 0 Å². The summed E-state index contributed by atoms with van der Waals surface area (Å²) >= 11 is 0. The van der Waals surface area contributed by atoms with Crippen molar-refractivity contribution in [3.8, 4) is 0 Å². The Kier molecular flexibility index (Phi) is 8.56. The van der Waals surface area contributed by atoms with Gasteiger partial charge in [0.25, 0.3) is 0 Å². The first kappa shape index (κ1) is 28.8. The van der Waals surface area contributed by atoms with E-state index in [1.54, 1.807) is 11.6 Å². The van der Waals surface area contributed by atoms with E-state index in [1.165, 1.54) is 93.3 Å². The number of nitrogens with zero attached hydrogens (tertiary/aromatic N) is 6. The third-order valence-corrected chi connectivity index (χ3v) is 9.68. The van der Waals surface area contributed by atoms with Gasteiger partial charge in [-0.2, -0.15) is 10.2 Å². The molecular weight excluding hydrogens is 534 g/mol. The second kappa shape index (κ2) is 12.5. The van der Waals surface area contributed by atoms with E-state index in [-0.39, 0.29) is 12.1 Å². The Morgan fingerprint density at radius 1 is 0.929 bits per heavy atom. The lowest BCUT2D eigenvalue weighted by molar-refractivity contribution is -0.0354. The Labute approximate surface area is 246 Å². The SMILES string of the molecule is C[C@@H](n1ncc2cc(N(CC3CCCCC3)CC3CCCCC3)ccc21)[C@](O)(Cn1cncn1)c1ccc(F)cc1F. The highest BCUT2D eigenvalue weighted by molar-refractivity contribution is 5.83. The summed E-state index contributed by atoms with van der Waals surface area (Å²) in [4.78, 5) is 6.59. The van der Waals surface area contributed by atoms with E-state index < -0.39 is 23.3 Å². The number of hydrogen-bond acceptors (Lipinski definition) is 5. The fraction of sp³-hybridized carbons (Fsp3) is 0.545. The molecule has 2 heterocycles. The maximum Gasteiger partial charge on any atom is 0.137 e. The molecule has 7 nitrogen and oxygen atoms in total. The van der Waals surface area contributed by atoms with Gasteiger partial charge in [0, 0.05) is 35.8 Å². The van der Waals surface area contributed by atoms with Crippen molar-refractivity contribution >= 4 is 16.6 Å². The van der Waals surface area contributed by atoms with Gasteiger partial charge in [-0.3, -0.25) is 4.68 Å². The van der Waals surface area contributed by atoms with Crippen LogP contribution in [0.25, 0.3) is 10.9 Å². The minimum atomic E-state index is -1.78. The molecule has 6 rings (SSSR count). The molecule has 1 N–H and O–H groups in total. The molecule has 0 bridgehead atoms. The first-order valence-corrected chi connectivity index (χ1v) is 15.6. The molecule has 0 radical (unpaired) electrons. The van der Waals surface area contributed by atoms with Crippen molar-refractivity contribution in [2.24, 2.45) is 11.8 Å². The zero-order valence-corrected chi connectivity index (χ0v) is 24.5. The van der Waals surface area contributed by atoms with Gasteiger partial charge in [-0.1, -0.05) is 44.6 Å². The minimum Gasteiger partial charge on any atom is -0.381 e. The van der Waals surface area contributed by atoms with Gasteiger partial charge in [-0.05, 0) is 68.7 Å². The Morgan fingerprint density at radius 3 is 2.24 bits per heavy atom. The van der Waals surface area contributed by atoms with E-state index in [1.807, 2.05) is 6.20 Å². The summed E-state index contributed by atoms with van der Waals surface area (Å²) in [5.74, 6) is -0.0456. The Hall–Kier alpha value is -3.33. The normalized spacial score (nSPS) is 19.1. The molecule has 9 heteroatoms. The summed E-state index contributed by atoms with van der Waals surface area (Å²) in [6.07, 6.45) is 17.9. The molecule has 2 aliphatic rings. The standard InChI is InChI=1S/C33H42F2N6O/c1-24(33(42,21-40-23-36-22-38-40)30-14-12-28(34)17-31(30)35)41-32-15-13-29(16-27(32)18-37-41)39(19-25-8-4-2-5-9-25)20-26-10-6-3-7-11-26/h12-18,22-26,42H,2-11,19-21H2,1H3/t24-,33-/m1/s1. The van der Waals surface area contributed by atoms with Crippen LogP contribution in [0.1, 0.15) is 82.7 Å². The molecule has 42 heavy (non-hydrogen) atoms. The lowest BCUT2D eigenvalue weighted by atomic mass is 9.86. The van der Waals surface area contributed by atoms with Crippen molar-refractivity contribution in [3.05, 3.63) is 72.4 Å². The van der Waals surface area contributed by atoms with Crippen LogP contribution < -0.4 is 4.90 Å². The molecule has 2 aliphatic carbocycles. The fourth-order valence-corrected chi connectivity index (χ4v) is 7.24. The van der Waals surface area contributed by atoms with Crippen molar-refractivity contribution < 1.29 is 13.9 Å². The van der Waals surface area contributed by atoms with Gasteiger partial charge >= 0.3 is 0 Å². The highest BCUT2D eigenvalue weighted by Crippen LogP contribution is 2.39. The molecule has 224 valence electrons. The number of hydrogen-bond donors (Lipinski definition) is 1. The highest BCUT2D eigenvalue weighted by Gasteiger charge is 2.41. The molecule has 0 saturated heterocycles. The van der Waals surface area contributed by atoms with Crippen LogP contribution in [0.4, 0.5) is 14.5 Å². The summed E-state index contributed by atoms with van der Waals surface area (Å²) in [5.41, 5.74) is 0.268. The molecule has 4 aromatic rings. The summed E-state index contributed by atoms with van der Waals surface area (Å²) in [6.45, 7) is 3.91. The zero-order valence-electron chi connectivity index (χ0n) is 24.5. The van der Waals surface area contributed by atoms with E-state index in [9.17, 15) is 9.50 Å². The van der Waals surface area contributed by atoms with Crippen LogP contribution in [-0.4, -0.2) is 42.7 Å². The molecular formula is C33H42F2N6O. The molecule has 2 atom stereocenters. The molecule has 2 saturated carbocycles. The number of aromatic nitrogens is 5. The number of halogens is 2. The van der Waals surface area contributed by atoms with Gasteiger partial charge in [0.05, 0.1) is 24.3 Å². The third kappa shape index (κ3) is 6.07. The average molecular weight is 577 g/mol. The fourth-order valence-electron chi connectivity index (χ4n) is 7.24. The van der Waals surface area contributed by atoms with Gasteiger partial charge < -0.3 is 10.0 Å². The predicted octanol–water partition coefficient (Wildman–Crippen LogP) is 7.02. The number of rotatable bonds is 10. The Balaban J connectivity index is 1.32. The summed E-state index contributed by atoms with van der Waals surface area (Å²) in [5, 5.41) is 21.9. The Bertz CT molecular complexity index is 1440. The highest BCUT2D eigenvalue weighted by atomic mass is 19.1. The predicted molar refractivity (Wildman–Crippen MR) is 160 cm³/mol. The first-order chi connectivity index (χ1) is 20.4. The smallest absolute Gasteiger partial charge is 0.137 e. The van der Waals surface area contributed by atoms with E-state index in [0.29, 0.717) is 0 Å². The van der Waals surface area contributed by atoms with Crippen LogP contribution in [0.15, 0.2) is 55.2 Å². The van der Waals surface area contributed by atoms with Crippen LogP contribution in [0.3, 0.4) is 0 Å². The van der Waals surface area contributed by atoms with Gasteiger partial charge in [0.1, 0.15) is 29.9 Å². The van der Waals surface area contributed by atoms with Gasteiger partial charge in [-0.15, -0.1) is 0 Å². The zero-order chi connectivity index (χ0) is 29.1. The first-order valence-electron chi connectivity index (χ1n) is 15.6. The van der Waals surface area contributed by atoms with Crippen LogP contribution in [0.2, 0.25) is 0 Å². The minimum absolute atomic E-state index is 0.0155. The van der Waals surface area contributed by atoms with Gasteiger partial charge in [-0.25, -0.2) is 18.4 Å². The molecule has 0 unspecified atom stereocenters. The monoisotopic (exact) mass is 576 g/mol. The number of benzene rings is 2. The van der Waals surface area contributed by atoms with E-state index in [0.717, 1.165) is 48.0 Å². The molecule has 0 aliphatic heterocycles. The molecule has 2 aromatic heterocycles. The lowest BCUT2D eigenvalue weighted by Crippen LogP contribution is -2.41. The molecule has 0 amide bonds. The maximum absolute atomic E-state index is 15.1. The largest absolute Gasteiger partial charge is 0.381 e. The van der Waals surface area contributed by atoms with Crippen LogP contribution in [0, 0.1) is 23.5 Å². The summed E-state index contributed by atoms with van der Waals surface area (Å²) in [7, 11) is 0. The van der Waals surface area contributed by atoms with Crippen LogP contribution >= 0.6 is 0 Å². The van der Waals surface area contributed by atoms with Crippen molar-refractivity contribution in [3.63, 3.8) is 0 Å². The summed E-state index contributed by atoms with van der Waals surface area (Å²) in [6, 6.07) is 9.02. The third-order valence-electron chi connectivity index (χ3n) is 9.68. The average Bonchev–Trinajstić information content (AvgIpc) is 3.67. The van der Waals surface area contributed by atoms with Crippen molar-refractivity contribution in [2.45, 2.75) is 89.3 Å². The van der Waals surface area contributed by atoms with E-state index >= 15 is 4.39 Å². The van der Waals surface area contributed by atoms with Crippen LogP contribution in [-0.2, 0) is 12.1 Å². The Morgan fingerprint density at radius 2 is 1.62 bits per heavy atom. The number of aliphatic hydroxyl groups is 1. The molecule has 2 fully saturated rings. The van der Waals surface area contributed by atoms with Gasteiger partial charge in [0.2, 0.25) is 0 Å². The van der Waals surface area contributed by atoms with E-state index in [4.69, 9.17) is 5.10 Å². The maximum atomic E-state index is 15.1. The quantitative estimate of drug-likeness (QED) is 0.220. The van der Waals surface area contributed by atoms with Crippen molar-refractivity contribution in [2.75, 3.05) is 18.0 Å².